The van der Waals surface area contributed by atoms with Crippen LogP contribution in [-0.2, 0) is 9.53 Å². The minimum atomic E-state index is -7.98. The molecule has 0 aliphatic heterocycles. The standard InChI is InChI=1S/C13H11F13O2/c1-3-4-6(7(27)28-2)5-8(14,15)9(16,17)10(18,19)11(20,21)12(22,23)13(24,25)26/h5H,3-4H2,1-2H3. The van der Waals surface area contributed by atoms with Gasteiger partial charge >= 0.3 is 41.8 Å². The molecule has 28 heavy (non-hydrogen) atoms. The Morgan fingerprint density at radius 3 is 1.46 bits per heavy atom. The van der Waals surface area contributed by atoms with Crippen molar-refractivity contribution in [3.05, 3.63) is 11.6 Å². The molecule has 0 N–H and O–H groups in total. The van der Waals surface area contributed by atoms with E-state index in [2.05, 4.69) is 4.74 Å². The van der Waals surface area contributed by atoms with Crippen molar-refractivity contribution in [2.45, 2.75) is 55.6 Å². The maximum absolute atomic E-state index is 13.6. The van der Waals surface area contributed by atoms with Crippen LogP contribution in [0.1, 0.15) is 19.8 Å². The fourth-order valence-corrected chi connectivity index (χ4v) is 1.72. The monoisotopic (exact) mass is 446 g/mol. The third-order valence-electron chi connectivity index (χ3n) is 3.28. The predicted octanol–water partition coefficient (Wildman–Crippen LogP) is 5.62. The third-order valence-corrected chi connectivity index (χ3v) is 3.28. The first kappa shape index (κ1) is 26.3. The van der Waals surface area contributed by atoms with Crippen molar-refractivity contribution in [3.8, 4) is 0 Å². The molecule has 0 radical (unpaired) electrons. The summed E-state index contributed by atoms with van der Waals surface area (Å²) >= 11 is 0. The first-order valence-corrected chi connectivity index (χ1v) is 6.91. The highest BCUT2D eigenvalue weighted by atomic mass is 19.4. The van der Waals surface area contributed by atoms with E-state index in [1.807, 2.05) is 0 Å². The van der Waals surface area contributed by atoms with Crippen molar-refractivity contribution < 1.29 is 66.6 Å². The van der Waals surface area contributed by atoms with Crippen LogP contribution in [0.25, 0.3) is 0 Å². The third kappa shape index (κ3) is 4.02. The van der Waals surface area contributed by atoms with Crippen LogP contribution >= 0.6 is 0 Å². The summed E-state index contributed by atoms with van der Waals surface area (Å²) in [5, 5.41) is 0. The zero-order chi connectivity index (χ0) is 23.0. The second-order valence-corrected chi connectivity index (χ2v) is 5.33. The van der Waals surface area contributed by atoms with E-state index in [0.717, 1.165) is 0 Å². The quantitative estimate of drug-likeness (QED) is 0.275. The van der Waals surface area contributed by atoms with E-state index < -0.39 is 59.8 Å². The van der Waals surface area contributed by atoms with Gasteiger partial charge in [0, 0.05) is 11.6 Å². The summed E-state index contributed by atoms with van der Waals surface area (Å²) < 4.78 is 172. The lowest BCUT2D eigenvalue weighted by atomic mass is 9.92. The Morgan fingerprint density at radius 2 is 1.14 bits per heavy atom. The average Bonchev–Trinajstić information content (AvgIpc) is 2.51. The highest BCUT2D eigenvalue weighted by Crippen LogP contribution is 2.60. The van der Waals surface area contributed by atoms with Crippen molar-refractivity contribution in [1.29, 1.82) is 0 Å². The number of carbonyl (C=O) groups excluding carboxylic acids is 1. The lowest BCUT2D eigenvalue weighted by Crippen LogP contribution is -2.69. The Labute approximate surface area is 148 Å². The molecule has 0 aliphatic rings. The number of hydrogen-bond donors (Lipinski definition) is 0. The van der Waals surface area contributed by atoms with Crippen LogP contribution in [0.5, 0.6) is 0 Å². The number of rotatable bonds is 8. The van der Waals surface area contributed by atoms with Gasteiger partial charge in [0.05, 0.1) is 7.11 Å². The number of alkyl halides is 13. The number of halogens is 13. The van der Waals surface area contributed by atoms with E-state index in [0.29, 0.717) is 7.11 Å². The second kappa shape index (κ2) is 7.61. The van der Waals surface area contributed by atoms with E-state index >= 15 is 0 Å². The van der Waals surface area contributed by atoms with Crippen LogP contribution in [-0.4, -0.2) is 48.9 Å². The largest absolute Gasteiger partial charge is 0.466 e. The molecule has 0 saturated heterocycles. The zero-order valence-corrected chi connectivity index (χ0v) is 13.7. The molecule has 0 spiro atoms. The van der Waals surface area contributed by atoms with Gasteiger partial charge in [0.2, 0.25) is 0 Å². The normalized spacial score (nSPS) is 15.6. The molecule has 0 bridgehead atoms. The molecule has 0 aromatic carbocycles. The molecule has 0 atom stereocenters. The first-order chi connectivity index (χ1) is 12.2. The molecule has 0 fully saturated rings. The molecule has 15 heteroatoms. The maximum Gasteiger partial charge on any atom is 0.460 e. The fraction of sp³-hybridized carbons (Fsp3) is 0.769. The molecule has 2 nitrogen and oxygen atoms in total. The highest BCUT2D eigenvalue weighted by molar-refractivity contribution is 5.88. The minimum absolute atomic E-state index is 0.249. The van der Waals surface area contributed by atoms with Gasteiger partial charge in [0.1, 0.15) is 0 Å². The molecule has 0 rings (SSSR count). The molecule has 166 valence electrons. The summed E-state index contributed by atoms with van der Waals surface area (Å²) in [5.41, 5.74) is -1.42. The van der Waals surface area contributed by atoms with Crippen LogP contribution in [0.2, 0.25) is 0 Å². The van der Waals surface area contributed by atoms with Gasteiger partial charge in [-0.1, -0.05) is 13.3 Å². The number of ether oxygens (including phenoxy) is 1. The van der Waals surface area contributed by atoms with Crippen LogP contribution in [0.3, 0.4) is 0 Å². The molecule has 0 aromatic rings. The Bertz CT molecular complexity index is 604. The molecule has 0 amide bonds. The summed E-state index contributed by atoms with van der Waals surface area (Å²) in [6, 6.07) is 0. The Kier molecular flexibility index (Phi) is 7.15. The average molecular weight is 446 g/mol. The smallest absolute Gasteiger partial charge is 0.460 e. The molecule has 0 aliphatic carbocycles. The van der Waals surface area contributed by atoms with Crippen molar-refractivity contribution >= 4 is 5.97 Å². The van der Waals surface area contributed by atoms with Gasteiger partial charge in [-0.05, 0) is 6.42 Å². The van der Waals surface area contributed by atoms with E-state index in [4.69, 9.17) is 0 Å². The van der Waals surface area contributed by atoms with E-state index in [1.54, 1.807) is 0 Å². The lowest BCUT2D eigenvalue weighted by Gasteiger charge is -2.39. The predicted molar refractivity (Wildman–Crippen MR) is 65.8 cm³/mol. The van der Waals surface area contributed by atoms with Crippen LogP contribution in [0.15, 0.2) is 11.6 Å². The number of hydrogen-bond acceptors (Lipinski definition) is 2. The van der Waals surface area contributed by atoms with Crippen molar-refractivity contribution in [3.63, 3.8) is 0 Å². The maximum atomic E-state index is 13.6. The van der Waals surface area contributed by atoms with Crippen LogP contribution < -0.4 is 0 Å². The SMILES string of the molecule is CCCC(=CC(F)(F)C(F)(F)C(F)(F)C(F)(F)C(F)(F)C(F)(F)F)C(=O)OC. The van der Waals surface area contributed by atoms with Gasteiger partial charge in [0.25, 0.3) is 0 Å². The molecule has 0 aromatic heterocycles. The molecule has 0 unspecified atom stereocenters. The van der Waals surface area contributed by atoms with Gasteiger partial charge in [-0.15, -0.1) is 0 Å². The summed E-state index contributed by atoms with van der Waals surface area (Å²) in [5.74, 6) is -39.3. The van der Waals surface area contributed by atoms with Crippen molar-refractivity contribution in [2.24, 2.45) is 0 Å². The van der Waals surface area contributed by atoms with Gasteiger partial charge in [-0.3, -0.25) is 0 Å². The summed E-state index contributed by atoms with van der Waals surface area (Å²) in [7, 11) is 0.550. The summed E-state index contributed by atoms with van der Waals surface area (Å²) in [6.07, 6.45) is -9.78. The molecular weight excluding hydrogens is 435 g/mol. The van der Waals surface area contributed by atoms with Gasteiger partial charge in [0.15, 0.2) is 0 Å². The Balaban J connectivity index is 6.49. The molecule has 0 heterocycles. The van der Waals surface area contributed by atoms with Gasteiger partial charge < -0.3 is 4.74 Å². The Morgan fingerprint density at radius 1 is 0.750 bits per heavy atom. The lowest BCUT2D eigenvalue weighted by molar-refractivity contribution is -0.436. The second-order valence-electron chi connectivity index (χ2n) is 5.33. The van der Waals surface area contributed by atoms with Crippen molar-refractivity contribution in [2.75, 3.05) is 7.11 Å². The highest BCUT2D eigenvalue weighted by Gasteiger charge is 2.90. The number of methoxy groups -OCH3 is 1. The Hall–Kier alpha value is -1.70. The van der Waals surface area contributed by atoms with Gasteiger partial charge in [-0.25, -0.2) is 4.79 Å². The summed E-state index contributed by atoms with van der Waals surface area (Å²) in [4.78, 5) is 11.2. The van der Waals surface area contributed by atoms with Gasteiger partial charge in [-0.2, -0.15) is 57.1 Å². The zero-order valence-electron chi connectivity index (χ0n) is 13.7. The van der Waals surface area contributed by atoms with E-state index in [9.17, 15) is 61.9 Å². The van der Waals surface area contributed by atoms with Crippen molar-refractivity contribution in [1.82, 2.24) is 0 Å². The van der Waals surface area contributed by atoms with E-state index in [1.165, 1.54) is 6.92 Å². The number of carbonyl (C=O) groups is 1. The topological polar surface area (TPSA) is 26.3 Å². The summed E-state index contributed by atoms with van der Waals surface area (Å²) in [6.45, 7) is 1.18. The molecular formula is C13H11F13O2. The number of allylic oxidation sites excluding steroid dienone is 1. The number of esters is 1. The van der Waals surface area contributed by atoms with E-state index in [-0.39, 0.29) is 6.42 Å². The fourth-order valence-electron chi connectivity index (χ4n) is 1.72. The minimum Gasteiger partial charge on any atom is -0.466 e. The molecule has 0 saturated carbocycles. The van der Waals surface area contributed by atoms with Crippen LogP contribution in [0.4, 0.5) is 57.1 Å². The first-order valence-electron chi connectivity index (χ1n) is 6.91. The van der Waals surface area contributed by atoms with Crippen LogP contribution in [0, 0.1) is 0 Å².